The highest BCUT2D eigenvalue weighted by Crippen LogP contribution is 2.30. The predicted octanol–water partition coefficient (Wildman–Crippen LogP) is 3.49. The summed E-state index contributed by atoms with van der Waals surface area (Å²) in [7, 11) is 1.62. The minimum Gasteiger partial charge on any atom is -0.508 e. The summed E-state index contributed by atoms with van der Waals surface area (Å²) < 4.78 is 10.2. The van der Waals surface area contributed by atoms with Gasteiger partial charge in [0.15, 0.2) is 0 Å². The van der Waals surface area contributed by atoms with Crippen molar-refractivity contribution < 1.29 is 19.4 Å². The zero-order valence-corrected chi connectivity index (χ0v) is 12.8. The van der Waals surface area contributed by atoms with E-state index in [0.29, 0.717) is 6.61 Å². The summed E-state index contributed by atoms with van der Waals surface area (Å²) in [4.78, 5) is 11.9. The molecular formula is C18H20O4. The number of phenols is 1. The molecule has 0 aromatic heterocycles. The van der Waals surface area contributed by atoms with Crippen molar-refractivity contribution in [2.75, 3.05) is 13.7 Å². The third-order valence-electron chi connectivity index (χ3n) is 3.49. The zero-order valence-electron chi connectivity index (χ0n) is 12.8. The minimum atomic E-state index is -0.239. The van der Waals surface area contributed by atoms with E-state index in [2.05, 4.69) is 0 Å². The van der Waals surface area contributed by atoms with Crippen LogP contribution in [0, 0.1) is 0 Å². The molecule has 0 aliphatic carbocycles. The predicted molar refractivity (Wildman–Crippen MR) is 84.2 cm³/mol. The van der Waals surface area contributed by atoms with Gasteiger partial charge in [-0.3, -0.25) is 4.79 Å². The van der Waals surface area contributed by atoms with Crippen molar-refractivity contribution >= 4 is 5.97 Å². The van der Waals surface area contributed by atoms with Gasteiger partial charge in [-0.1, -0.05) is 24.3 Å². The van der Waals surface area contributed by atoms with E-state index in [1.165, 1.54) is 0 Å². The van der Waals surface area contributed by atoms with Gasteiger partial charge < -0.3 is 14.6 Å². The van der Waals surface area contributed by atoms with Crippen LogP contribution in [-0.4, -0.2) is 24.8 Å². The summed E-state index contributed by atoms with van der Waals surface area (Å²) in [6, 6.07) is 14.5. The van der Waals surface area contributed by atoms with Crippen LogP contribution in [0.3, 0.4) is 0 Å². The van der Waals surface area contributed by atoms with Crippen molar-refractivity contribution in [3.63, 3.8) is 0 Å². The van der Waals surface area contributed by atoms with Crippen LogP contribution >= 0.6 is 0 Å². The van der Waals surface area contributed by atoms with Crippen molar-refractivity contribution in [3.8, 4) is 11.5 Å². The van der Waals surface area contributed by atoms with E-state index in [1.807, 2.05) is 36.4 Å². The third kappa shape index (κ3) is 4.01. The molecule has 4 heteroatoms. The summed E-state index contributed by atoms with van der Waals surface area (Å²) in [5, 5.41) is 9.44. The number of aromatic hydroxyl groups is 1. The lowest BCUT2D eigenvalue weighted by Gasteiger charge is -2.17. The van der Waals surface area contributed by atoms with Gasteiger partial charge in [-0.15, -0.1) is 0 Å². The molecule has 2 rings (SSSR count). The summed E-state index contributed by atoms with van der Waals surface area (Å²) in [6.07, 6.45) is 0.255. The summed E-state index contributed by atoms with van der Waals surface area (Å²) in [6.45, 7) is 2.16. The molecule has 0 amide bonds. The highest BCUT2D eigenvalue weighted by atomic mass is 16.5. The Labute approximate surface area is 130 Å². The Kier molecular flexibility index (Phi) is 5.42. The van der Waals surface area contributed by atoms with Gasteiger partial charge in [-0.05, 0) is 42.3 Å². The molecule has 1 N–H and O–H groups in total. The molecule has 0 aliphatic heterocycles. The van der Waals surface area contributed by atoms with Gasteiger partial charge in [-0.2, -0.15) is 0 Å². The lowest BCUT2D eigenvalue weighted by molar-refractivity contribution is -0.143. The maximum Gasteiger partial charge on any atom is 0.306 e. The molecule has 1 unspecified atom stereocenters. The van der Waals surface area contributed by atoms with Crippen molar-refractivity contribution in [2.45, 2.75) is 19.3 Å². The highest BCUT2D eigenvalue weighted by Gasteiger charge is 2.19. The van der Waals surface area contributed by atoms with Crippen LogP contribution in [0.5, 0.6) is 11.5 Å². The normalized spacial score (nSPS) is 11.7. The first kappa shape index (κ1) is 15.9. The number of methoxy groups -OCH3 is 1. The maximum atomic E-state index is 11.9. The molecule has 0 aliphatic rings. The second-order valence-electron chi connectivity index (χ2n) is 4.93. The van der Waals surface area contributed by atoms with Crippen LogP contribution in [0.1, 0.15) is 30.4 Å². The molecule has 4 nitrogen and oxygen atoms in total. The van der Waals surface area contributed by atoms with Gasteiger partial charge in [-0.25, -0.2) is 0 Å². The Morgan fingerprint density at radius 1 is 1.05 bits per heavy atom. The molecule has 0 bridgehead atoms. The highest BCUT2D eigenvalue weighted by molar-refractivity contribution is 5.71. The molecule has 0 saturated carbocycles. The average Bonchev–Trinajstić information content (AvgIpc) is 2.54. The van der Waals surface area contributed by atoms with E-state index >= 15 is 0 Å². The summed E-state index contributed by atoms with van der Waals surface area (Å²) in [5.41, 5.74) is 1.95. The van der Waals surface area contributed by atoms with Crippen LogP contribution in [0.4, 0.5) is 0 Å². The van der Waals surface area contributed by atoms with Gasteiger partial charge in [0.05, 0.1) is 20.1 Å². The van der Waals surface area contributed by atoms with E-state index in [0.717, 1.165) is 16.9 Å². The molecule has 1 atom stereocenters. The number of benzene rings is 2. The van der Waals surface area contributed by atoms with Crippen LogP contribution in [0.15, 0.2) is 48.5 Å². The van der Waals surface area contributed by atoms with E-state index in [9.17, 15) is 9.90 Å². The van der Waals surface area contributed by atoms with Crippen LogP contribution in [0.25, 0.3) is 0 Å². The number of esters is 1. The molecular weight excluding hydrogens is 280 g/mol. The molecule has 0 saturated heterocycles. The zero-order chi connectivity index (χ0) is 15.9. The number of phenolic OH excluding ortho intramolecular Hbond substituents is 1. The van der Waals surface area contributed by atoms with E-state index < -0.39 is 0 Å². The van der Waals surface area contributed by atoms with Crippen LogP contribution in [0.2, 0.25) is 0 Å². The molecule has 116 valence electrons. The summed E-state index contributed by atoms with van der Waals surface area (Å²) >= 11 is 0. The fourth-order valence-electron chi connectivity index (χ4n) is 2.36. The Balaban J connectivity index is 2.31. The molecule has 2 aromatic carbocycles. The van der Waals surface area contributed by atoms with Gasteiger partial charge in [0.1, 0.15) is 11.5 Å². The maximum absolute atomic E-state index is 11.9. The second-order valence-corrected chi connectivity index (χ2v) is 4.93. The Hall–Kier alpha value is -2.49. The van der Waals surface area contributed by atoms with Crippen LogP contribution in [-0.2, 0) is 9.53 Å². The first-order valence-electron chi connectivity index (χ1n) is 7.22. The molecule has 0 radical (unpaired) electrons. The van der Waals surface area contributed by atoms with Crippen LogP contribution < -0.4 is 4.74 Å². The number of hydrogen-bond donors (Lipinski definition) is 1. The van der Waals surface area contributed by atoms with E-state index in [1.54, 1.807) is 26.2 Å². The molecule has 0 fully saturated rings. The summed E-state index contributed by atoms with van der Waals surface area (Å²) in [5.74, 6) is 0.611. The molecule has 2 aromatic rings. The van der Waals surface area contributed by atoms with Crippen molar-refractivity contribution in [3.05, 3.63) is 59.7 Å². The lowest BCUT2D eigenvalue weighted by atomic mass is 9.88. The SMILES string of the molecule is CCOC(=O)CC(c1ccc(O)cc1)c1ccc(OC)cc1. The Morgan fingerprint density at radius 3 is 2.09 bits per heavy atom. The van der Waals surface area contributed by atoms with Gasteiger partial charge in [0.2, 0.25) is 0 Å². The van der Waals surface area contributed by atoms with Crippen molar-refractivity contribution in [1.82, 2.24) is 0 Å². The van der Waals surface area contributed by atoms with Gasteiger partial charge in [0.25, 0.3) is 0 Å². The minimum absolute atomic E-state index is 0.120. The average molecular weight is 300 g/mol. The second kappa shape index (κ2) is 7.50. The number of carbonyl (C=O) groups excluding carboxylic acids is 1. The first-order valence-corrected chi connectivity index (χ1v) is 7.22. The third-order valence-corrected chi connectivity index (χ3v) is 3.49. The number of rotatable bonds is 6. The molecule has 22 heavy (non-hydrogen) atoms. The quantitative estimate of drug-likeness (QED) is 0.830. The monoisotopic (exact) mass is 300 g/mol. The fraction of sp³-hybridized carbons (Fsp3) is 0.278. The number of hydrogen-bond acceptors (Lipinski definition) is 4. The topological polar surface area (TPSA) is 55.8 Å². The largest absolute Gasteiger partial charge is 0.508 e. The Bertz CT molecular complexity index is 602. The lowest BCUT2D eigenvalue weighted by Crippen LogP contribution is -2.11. The van der Waals surface area contributed by atoms with Crippen molar-refractivity contribution in [2.24, 2.45) is 0 Å². The fourth-order valence-corrected chi connectivity index (χ4v) is 2.36. The van der Waals surface area contributed by atoms with Gasteiger partial charge in [0, 0.05) is 5.92 Å². The smallest absolute Gasteiger partial charge is 0.306 e. The molecule has 0 heterocycles. The first-order chi connectivity index (χ1) is 10.6. The van der Waals surface area contributed by atoms with Crippen molar-refractivity contribution in [1.29, 1.82) is 0 Å². The Morgan fingerprint density at radius 2 is 1.59 bits per heavy atom. The standard InChI is InChI=1S/C18H20O4/c1-3-22-18(20)12-17(13-4-8-15(19)9-5-13)14-6-10-16(21-2)11-7-14/h4-11,17,19H,3,12H2,1-2H3. The van der Waals surface area contributed by atoms with E-state index in [-0.39, 0.29) is 24.1 Å². The van der Waals surface area contributed by atoms with E-state index in [4.69, 9.17) is 9.47 Å². The molecule has 0 spiro atoms. The number of ether oxygens (including phenoxy) is 2. The number of carbonyl (C=O) groups is 1. The van der Waals surface area contributed by atoms with Gasteiger partial charge >= 0.3 is 5.97 Å².